The predicted octanol–water partition coefficient (Wildman–Crippen LogP) is 3.05. The molecule has 12 heteroatoms. The van der Waals surface area contributed by atoms with E-state index in [0.717, 1.165) is 19.1 Å². The summed E-state index contributed by atoms with van der Waals surface area (Å²) in [6.07, 6.45) is 2.10. The van der Waals surface area contributed by atoms with Crippen LogP contribution in [0.2, 0.25) is 5.02 Å². The lowest BCUT2D eigenvalue weighted by molar-refractivity contribution is -0.0319. The second-order valence-corrected chi connectivity index (χ2v) is 11.9. The molecule has 1 N–H and O–H groups in total. The zero-order valence-corrected chi connectivity index (χ0v) is 21.0. The summed E-state index contributed by atoms with van der Waals surface area (Å²) in [5.41, 5.74) is 1.81. The number of rotatable bonds is 4. The van der Waals surface area contributed by atoms with Crippen molar-refractivity contribution >= 4 is 44.5 Å². The zero-order valence-electron chi connectivity index (χ0n) is 19.5. The molecule has 2 aliphatic heterocycles. The van der Waals surface area contributed by atoms with Crippen LogP contribution in [0.4, 0.5) is 4.79 Å². The SMILES string of the molecule is CS(=O)(=O)c1cc(Cl)cc(COC(=O)N2CCC3(CC2)CN(C(=O)c2ccc4[nH]c(=O)oc4c2)C3)c1. The van der Waals surface area contributed by atoms with E-state index in [4.69, 9.17) is 20.8 Å². The van der Waals surface area contributed by atoms with Crippen LogP contribution in [0, 0.1) is 5.41 Å². The Hall–Kier alpha value is -3.31. The molecule has 36 heavy (non-hydrogen) atoms. The second-order valence-electron chi connectivity index (χ2n) is 9.50. The summed E-state index contributed by atoms with van der Waals surface area (Å²) in [6.45, 7) is 2.12. The Balaban J connectivity index is 1.13. The number of oxazole rings is 1. The second kappa shape index (κ2) is 8.97. The van der Waals surface area contributed by atoms with E-state index < -0.39 is 21.7 Å². The Labute approximate surface area is 211 Å². The minimum Gasteiger partial charge on any atom is -0.445 e. The number of halogens is 1. The Kier molecular flexibility index (Phi) is 6.08. The van der Waals surface area contributed by atoms with Crippen LogP contribution in [0.5, 0.6) is 0 Å². The molecule has 5 rings (SSSR count). The maximum absolute atomic E-state index is 12.9. The largest absolute Gasteiger partial charge is 0.445 e. The van der Waals surface area contributed by atoms with E-state index in [1.165, 1.54) is 12.1 Å². The number of aromatic nitrogens is 1. The van der Waals surface area contributed by atoms with Crippen molar-refractivity contribution in [1.29, 1.82) is 0 Å². The van der Waals surface area contributed by atoms with Gasteiger partial charge in [0.05, 0.1) is 10.4 Å². The number of likely N-dealkylation sites (tertiary alicyclic amines) is 2. The molecule has 0 unspecified atom stereocenters. The number of hydrogen-bond acceptors (Lipinski definition) is 7. The van der Waals surface area contributed by atoms with Gasteiger partial charge in [-0.15, -0.1) is 0 Å². The molecule has 0 bridgehead atoms. The number of sulfone groups is 1. The van der Waals surface area contributed by atoms with Crippen LogP contribution in [0.15, 0.2) is 50.5 Å². The molecule has 10 nitrogen and oxygen atoms in total. The fourth-order valence-electron chi connectivity index (χ4n) is 4.80. The summed E-state index contributed by atoms with van der Waals surface area (Å²) in [5.74, 6) is -0.683. The molecule has 0 radical (unpaired) electrons. The van der Waals surface area contributed by atoms with E-state index in [2.05, 4.69) is 4.98 Å². The van der Waals surface area contributed by atoms with Gasteiger partial charge >= 0.3 is 11.8 Å². The van der Waals surface area contributed by atoms with Crippen LogP contribution in [0.3, 0.4) is 0 Å². The van der Waals surface area contributed by atoms with Crippen molar-refractivity contribution in [1.82, 2.24) is 14.8 Å². The quantitative estimate of drug-likeness (QED) is 0.545. The van der Waals surface area contributed by atoms with Gasteiger partial charge in [-0.05, 0) is 54.8 Å². The first kappa shape index (κ1) is 24.4. The topological polar surface area (TPSA) is 130 Å². The van der Waals surface area contributed by atoms with Crippen LogP contribution < -0.4 is 5.76 Å². The van der Waals surface area contributed by atoms with Crippen molar-refractivity contribution in [2.45, 2.75) is 24.3 Å². The van der Waals surface area contributed by atoms with Crippen LogP contribution in [-0.2, 0) is 21.2 Å². The highest BCUT2D eigenvalue weighted by Crippen LogP contribution is 2.41. The number of carbonyl (C=O) groups excluding carboxylic acids is 2. The molecule has 0 saturated carbocycles. The minimum atomic E-state index is -3.44. The summed E-state index contributed by atoms with van der Waals surface area (Å²) in [5, 5.41) is 0.255. The van der Waals surface area contributed by atoms with Crippen LogP contribution >= 0.6 is 11.6 Å². The lowest BCUT2D eigenvalue weighted by Crippen LogP contribution is -2.62. The molecule has 2 amide bonds. The molecule has 0 atom stereocenters. The molecular formula is C24H24ClN3O7S. The lowest BCUT2D eigenvalue weighted by atomic mass is 9.72. The van der Waals surface area contributed by atoms with Crippen molar-refractivity contribution in [3.8, 4) is 0 Å². The first-order chi connectivity index (χ1) is 17.0. The molecular weight excluding hydrogens is 510 g/mol. The third kappa shape index (κ3) is 4.85. The third-order valence-corrected chi connectivity index (χ3v) is 8.12. The summed E-state index contributed by atoms with van der Waals surface area (Å²) < 4.78 is 34.0. The van der Waals surface area contributed by atoms with Crippen molar-refractivity contribution < 1.29 is 27.2 Å². The monoisotopic (exact) mass is 533 g/mol. The summed E-state index contributed by atoms with van der Waals surface area (Å²) in [6, 6.07) is 9.25. The van der Waals surface area contributed by atoms with E-state index >= 15 is 0 Å². The van der Waals surface area contributed by atoms with Crippen molar-refractivity contribution in [2.75, 3.05) is 32.4 Å². The average Bonchev–Trinajstić information content (AvgIpc) is 3.19. The van der Waals surface area contributed by atoms with E-state index in [9.17, 15) is 22.8 Å². The highest BCUT2D eigenvalue weighted by atomic mass is 35.5. The number of piperidine rings is 1. The highest BCUT2D eigenvalue weighted by molar-refractivity contribution is 7.90. The predicted molar refractivity (Wildman–Crippen MR) is 131 cm³/mol. The molecule has 1 aromatic heterocycles. The standard InChI is InChI=1S/C24H24ClN3O7S/c1-36(32,33)18-9-15(8-17(25)11-18)12-34-23(31)27-6-4-24(5-7-27)13-28(14-24)21(29)16-2-3-19-20(10-16)35-22(30)26-19/h2-3,8-11H,4-7,12-14H2,1H3,(H,26,30). The Bertz CT molecular complexity index is 1510. The number of nitrogens with one attached hydrogen (secondary N) is 1. The van der Waals surface area contributed by atoms with Gasteiger partial charge in [-0.2, -0.15) is 0 Å². The van der Waals surface area contributed by atoms with Crippen LogP contribution in [-0.4, -0.2) is 67.6 Å². The number of hydrogen-bond donors (Lipinski definition) is 1. The molecule has 2 fully saturated rings. The van der Waals surface area contributed by atoms with Gasteiger partial charge in [0.25, 0.3) is 5.91 Å². The number of carbonyl (C=O) groups is 2. The molecule has 3 aromatic rings. The van der Waals surface area contributed by atoms with E-state index in [1.807, 2.05) is 0 Å². The van der Waals surface area contributed by atoms with E-state index in [-0.39, 0.29) is 27.8 Å². The summed E-state index contributed by atoms with van der Waals surface area (Å²) in [4.78, 5) is 42.8. The Morgan fingerprint density at radius 3 is 2.53 bits per heavy atom. The number of H-pyrrole nitrogens is 1. The first-order valence-corrected chi connectivity index (χ1v) is 13.6. The smallest absolute Gasteiger partial charge is 0.417 e. The van der Waals surface area contributed by atoms with Gasteiger partial charge in [-0.25, -0.2) is 18.0 Å². The van der Waals surface area contributed by atoms with Gasteiger partial charge in [-0.1, -0.05) is 11.6 Å². The zero-order chi connectivity index (χ0) is 25.7. The Morgan fingerprint density at radius 1 is 1.11 bits per heavy atom. The first-order valence-electron chi connectivity index (χ1n) is 11.3. The van der Waals surface area contributed by atoms with Gasteiger partial charge < -0.3 is 19.0 Å². The van der Waals surface area contributed by atoms with Crippen LogP contribution in [0.1, 0.15) is 28.8 Å². The summed E-state index contributed by atoms with van der Waals surface area (Å²) in [7, 11) is -3.44. The lowest BCUT2D eigenvalue weighted by Gasteiger charge is -2.53. The summed E-state index contributed by atoms with van der Waals surface area (Å²) >= 11 is 6.01. The van der Waals surface area contributed by atoms with Gasteiger partial charge in [0, 0.05) is 48.4 Å². The number of nitrogens with zero attached hydrogens (tertiary/aromatic N) is 2. The number of fused-ring (bicyclic) bond motifs is 1. The molecule has 3 heterocycles. The van der Waals surface area contributed by atoms with E-state index in [0.29, 0.717) is 48.4 Å². The Morgan fingerprint density at radius 2 is 1.83 bits per heavy atom. The maximum Gasteiger partial charge on any atom is 0.417 e. The maximum atomic E-state index is 12.9. The molecule has 2 saturated heterocycles. The molecule has 1 spiro atoms. The number of ether oxygens (including phenoxy) is 1. The fourth-order valence-corrected chi connectivity index (χ4v) is 5.83. The van der Waals surface area contributed by atoms with Gasteiger partial charge in [0.15, 0.2) is 15.4 Å². The molecule has 2 aliphatic rings. The van der Waals surface area contributed by atoms with E-state index in [1.54, 1.807) is 34.1 Å². The normalized spacial score (nSPS) is 17.3. The number of benzene rings is 2. The molecule has 2 aromatic carbocycles. The molecule has 190 valence electrons. The number of aromatic amines is 1. The third-order valence-electron chi connectivity index (χ3n) is 6.81. The average molecular weight is 534 g/mol. The van der Waals surface area contributed by atoms with Crippen molar-refractivity contribution in [3.05, 3.63) is 63.1 Å². The van der Waals surface area contributed by atoms with Gasteiger partial charge in [-0.3, -0.25) is 9.78 Å². The van der Waals surface area contributed by atoms with Crippen molar-refractivity contribution in [3.63, 3.8) is 0 Å². The number of amides is 2. The van der Waals surface area contributed by atoms with Crippen LogP contribution in [0.25, 0.3) is 11.1 Å². The minimum absolute atomic E-state index is 0.0332. The highest BCUT2D eigenvalue weighted by Gasteiger charge is 2.47. The van der Waals surface area contributed by atoms with Gasteiger partial charge in [0.2, 0.25) is 0 Å². The van der Waals surface area contributed by atoms with Crippen molar-refractivity contribution in [2.24, 2.45) is 5.41 Å². The molecule has 0 aliphatic carbocycles. The van der Waals surface area contributed by atoms with Gasteiger partial charge in [0.1, 0.15) is 6.61 Å². The fraction of sp³-hybridized carbons (Fsp3) is 0.375.